The van der Waals surface area contributed by atoms with Gasteiger partial charge in [-0.15, -0.1) is 0 Å². The van der Waals surface area contributed by atoms with Gasteiger partial charge in [-0.2, -0.15) is 13.5 Å². The zero-order valence-corrected chi connectivity index (χ0v) is 14.5. The number of benzene rings is 2. The van der Waals surface area contributed by atoms with Gasteiger partial charge in [0.2, 0.25) is 0 Å². The molecule has 27 heavy (non-hydrogen) atoms. The van der Waals surface area contributed by atoms with Crippen molar-refractivity contribution in [1.82, 2.24) is 19.5 Å². The summed E-state index contributed by atoms with van der Waals surface area (Å²) in [5, 5.41) is 4.13. The molecule has 0 bridgehead atoms. The summed E-state index contributed by atoms with van der Waals surface area (Å²) in [7, 11) is -4.36. The van der Waals surface area contributed by atoms with Crippen LogP contribution in [0, 0.1) is 0 Å². The maximum absolute atomic E-state index is 12.6. The second kappa shape index (κ2) is 6.25. The largest absolute Gasteiger partial charge is 0.363 e. The van der Waals surface area contributed by atoms with Crippen molar-refractivity contribution in [2.75, 3.05) is 0 Å². The number of fused-ring (bicyclic) bond motifs is 1. The molecule has 136 valence electrons. The highest BCUT2D eigenvalue weighted by atomic mass is 32.2. The van der Waals surface area contributed by atoms with E-state index in [0.717, 1.165) is 0 Å². The van der Waals surface area contributed by atoms with Crippen molar-refractivity contribution in [3.8, 4) is 5.69 Å². The van der Waals surface area contributed by atoms with Crippen molar-refractivity contribution >= 4 is 21.2 Å². The molecule has 0 saturated heterocycles. The molecule has 0 atom stereocenters. The predicted molar refractivity (Wildman–Crippen MR) is 96.2 cm³/mol. The molecule has 4 aromatic rings. The van der Waals surface area contributed by atoms with Crippen LogP contribution in [0.15, 0.2) is 81.3 Å². The lowest BCUT2D eigenvalue weighted by atomic mass is 10.3. The standard InChI is InChI=1S/C17H12N4O5S/c22-16-15-14(11-20(19-15)12-7-3-1-4-8-12)18-17(23)21(16)26-27(24,25)13-9-5-2-6-10-13/h1-11H,(H,18,23). The van der Waals surface area contributed by atoms with Crippen LogP contribution >= 0.6 is 0 Å². The van der Waals surface area contributed by atoms with Gasteiger partial charge in [-0.25, -0.2) is 9.48 Å². The minimum Gasteiger partial charge on any atom is -0.301 e. The Labute approximate surface area is 152 Å². The molecule has 10 heteroatoms. The summed E-state index contributed by atoms with van der Waals surface area (Å²) in [5.41, 5.74) is -1.33. The summed E-state index contributed by atoms with van der Waals surface area (Å²) in [6.07, 6.45) is 1.46. The van der Waals surface area contributed by atoms with Gasteiger partial charge in [0.05, 0.1) is 17.4 Å². The average Bonchev–Trinajstić information content (AvgIpc) is 3.11. The molecule has 0 fully saturated rings. The normalized spacial score (nSPS) is 11.6. The van der Waals surface area contributed by atoms with Crippen LogP contribution in [-0.4, -0.2) is 27.9 Å². The number of hydrogen-bond donors (Lipinski definition) is 1. The molecule has 0 unspecified atom stereocenters. The molecular formula is C17H12N4O5S. The molecule has 2 aromatic heterocycles. The lowest BCUT2D eigenvalue weighted by Gasteiger charge is -2.06. The van der Waals surface area contributed by atoms with Crippen LogP contribution in [0.25, 0.3) is 16.7 Å². The quantitative estimate of drug-likeness (QED) is 0.553. The van der Waals surface area contributed by atoms with Crippen molar-refractivity contribution in [2.45, 2.75) is 4.90 Å². The summed E-state index contributed by atoms with van der Waals surface area (Å²) in [6.45, 7) is 0. The number of rotatable bonds is 4. The number of nitrogens with one attached hydrogen (secondary N) is 1. The van der Waals surface area contributed by atoms with E-state index in [0.29, 0.717) is 5.69 Å². The van der Waals surface area contributed by atoms with Gasteiger partial charge in [0.25, 0.3) is 0 Å². The summed E-state index contributed by atoms with van der Waals surface area (Å²) >= 11 is 0. The number of aromatic nitrogens is 4. The fraction of sp³-hybridized carbons (Fsp3) is 0. The van der Waals surface area contributed by atoms with E-state index in [1.54, 1.807) is 30.3 Å². The highest BCUT2D eigenvalue weighted by Crippen LogP contribution is 2.11. The average molecular weight is 384 g/mol. The summed E-state index contributed by atoms with van der Waals surface area (Å²) in [4.78, 5) is 27.0. The number of nitrogens with zero attached hydrogens (tertiary/aromatic N) is 3. The monoisotopic (exact) mass is 384 g/mol. The van der Waals surface area contributed by atoms with E-state index in [4.69, 9.17) is 4.28 Å². The maximum atomic E-state index is 12.6. The molecule has 0 radical (unpaired) electrons. The molecule has 0 spiro atoms. The Balaban J connectivity index is 1.83. The number of aromatic amines is 1. The van der Waals surface area contributed by atoms with Crippen LogP contribution in [0.2, 0.25) is 0 Å². The first-order valence-corrected chi connectivity index (χ1v) is 9.17. The highest BCUT2D eigenvalue weighted by Gasteiger charge is 2.21. The molecular weight excluding hydrogens is 372 g/mol. The van der Waals surface area contributed by atoms with E-state index < -0.39 is 21.4 Å². The minimum absolute atomic E-state index is 0.137. The summed E-state index contributed by atoms with van der Waals surface area (Å²) in [5.74, 6) is 0. The fourth-order valence-electron chi connectivity index (χ4n) is 2.49. The predicted octanol–water partition coefficient (Wildman–Crippen LogP) is 0.693. The van der Waals surface area contributed by atoms with Gasteiger partial charge >= 0.3 is 21.4 Å². The fourth-order valence-corrected chi connectivity index (χ4v) is 3.39. The second-order valence-electron chi connectivity index (χ2n) is 5.54. The van der Waals surface area contributed by atoms with E-state index in [1.165, 1.54) is 35.1 Å². The molecule has 0 aliphatic rings. The molecule has 2 aromatic carbocycles. The zero-order valence-electron chi connectivity index (χ0n) is 13.6. The van der Waals surface area contributed by atoms with E-state index in [1.807, 2.05) is 6.07 Å². The van der Waals surface area contributed by atoms with Crippen LogP contribution in [0.5, 0.6) is 0 Å². The molecule has 0 aliphatic heterocycles. The van der Waals surface area contributed by atoms with Gasteiger partial charge in [0, 0.05) is 0 Å². The van der Waals surface area contributed by atoms with E-state index >= 15 is 0 Å². The van der Waals surface area contributed by atoms with Gasteiger partial charge in [-0.05, 0) is 24.3 Å². The minimum atomic E-state index is -4.36. The third-order valence-corrected chi connectivity index (χ3v) is 4.95. The van der Waals surface area contributed by atoms with E-state index in [9.17, 15) is 18.0 Å². The third-order valence-electron chi connectivity index (χ3n) is 3.75. The van der Waals surface area contributed by atoms with Crippen molar-refractivity contribution in [3.05, 3.63) is 87.7 Å². The lowest BCUT2D eigenvalue weighted by Crippen LogP contribution is -2.41. The third kappa shape index (κ3) is 3.02. The molecule has 9 nitrogen and oxygen atoms in total. The Morgan fingerprint density at radius 3 is 2.22 bits per heavy atom. The van der Waals surface area contributed by atoms with Crippen LogP contribution < -0.4 is 15.5 Å². The topological polar surface area (TPSA) is 116 Å². The van der Waals surface area contributed by atoms with Crippen molar-refractivity contribution in [1.29, 1.82) is 0 Å². The van der Waals surface area contributed by atoms with Crippen LogP contribution in [-0.2, 0) is 10.1 Å². The van der Waals surface area contributed by atoms with Gasteiger partial charge < -0.3 is 4.98 Å². The van der Waals surface area contributed by atoms with Crippen LogP contribution in [0.4, 0.5) is 0 Å². The van der Waals surface area contributed by atoms with E-state index in [-0.39, 0.29) is 20.7 Å². The number of hydrogen-bond acceptors (Lipinski definition) is 6. The first-order chi connectivity index (χ1) is 13.0. The SMILES string of the molecule is O=c1[nH]c2cn(-c3ccccc3)nc2c(=O)n1OS(=O)(=O)c1ccccc1. The lowest BCUT2D eigenvalue weighted by molar-refractivity contribution is 0.253. The summed E-state index contributed by atoms with van der Waals surface area (Å²) in [6, 6.07) is 16.1. The van der Waals surface area contributed by atoms with Crippen molar-refractivity contribution in [3.63, 3.8) is 0 Å². The Kier molecular flexibility index (Phi) is 3.89. The molecule has 4 rings (SSSR count). The highest BCUT2D eigenvalue weighted by molar-refractivity contribution is 7.87. The molecule has 0 saturated carbocycles. The van der Waals surface area contributed by atoms with Gasteiger partial charge in [-0.1, -0.05) is 41.1 Å². The second-order valence-corrected chi connectivity index (χ2v) is 7.07. The number of para-hydroxylation sites is 1. The molecule has 0 amide bonds. The van der Waals surface area contributed by atoms with Crippen LogP contribution in [0.3, 0.4) is 0 Å². The maximum Gasteiger partial charge on any atom is 0.363 e. The zero-order chi connectivity index (χ0) is 19.0. The van der Waals surface area contributed by atoms with Gasteiger partial charge in [-0.3, -0.25) is 9.08 Å². The first kappa shape index (κ1) is 16.8. The Bertz CT molecular complexity index is 1340. The Hall–Kier alpha value is -3.66. The number of H-pyrrole nitrogens is 1. The smallest absolute Gasteiger partial charge is 0.301 e. The molecule has 1 N–H and O–H groups in total. The van der Waals surface area contributed by atoms with Gasteiger partial charge in [0.15, 0.2) is 5.52 Å². The van der Waals surface area contributed by atoms with Crippen LogP contribution in [0.1, 0.15) is 0 Å². The van der Waals surface area contributed by atoms with Crippen molar-refractivity contribution < 1.29 is 12.7 Å². The Morgan fingerprint density at radius 1 is 0.926 bits per heavy atom. The van der Waals surface area contributed by atoms with Gasteiger partial charge in [0.1, 0.15) is 4.90 Å². The molecule has 2 heterocycles. The Morgan fingerprint density at radius 2 is 1.56 bits per heavy atom. The molecule has 0 aliphatic carbocycles. The van der Waals surface area contributed by atoms with Crippen molar-refractivity contribution in [2.24, 2.45) is 0 Å². The first-order valence-electron chi connectivity index (χ1n) is 7.76. The summed E-state index contributed by atoms with van der Waals surface area (Å²) < 4.78 is 30.9. The van der Waals surface area contributed by atoms with E-state index in [2.05, 4.69) is 10.1 Å².